The molecule has 3 nitrogen and oxygen atoms in total. The van der Waals surface area contributed by atoms with Crippen molar-refractivity contribution in [1.82, 2.24) is 0 Å². The molecule has 2 aromatic rings. The summed E-state index contributed by atoms with van der Waals surface area (Å²) in [6, 6.07) is 6.11. The van der Waals surface area contributed by atoms with Gasteiger partial charge in [-0.05, 0) is 61.2 Å². The Morgan fingerprint density at radius 2 is 1.48 bits per heavy atom. The average molecular weight is 293 g/mol. The lowest BCUT2D eigenvalue weighted by Gasteiger charge is -2.06. The van der Waals surface area contributed by atoms with Crippen molar-refractivity contribution >= 4 is 11.4 Å². The Morgan fingerprint density at radius 3 is 1.95 bits per heavy atom. The molecule has 0 aliphatic carbocycles. The van der Waals surface area contributed by atoms with Gasteiger partial charge in [0.05, 0.1) is 5.69 Å². The SMILES string of the molecule is Cc1cc(C)c(F)c(N)c1.Cc1cc(F)cc(N)c1CN. The second-order valence-electron chi connectivity index (χ2n) is 4.98. The molecule has 0 spiro atoms. The van der Waals surface area contributed by atoms with E-state index in [9.17, 15) is 8.78 Å². The number of halogens is 2. The van der Waals surface area contributed by atoms with Crippen molar-refractivity contribution in [2.75, 3.05) is 11.5 Å². The molecule has 0 atom stereocenters. The van der Waals surface area contributed by atoms with Crippen LogP contribution in [-0.4, -0.2) is 0 Å². The summed E-state index contributed by atoms with van der Waals surface area (Å²) in [7, 11) is 0. The third kappa shape index (κ3) is 4.43. The lowest BCUT2D eigenvalue weighted by atomic mass is 10.1. The third-order valence-corrected chi connectivity index (χ3v) is 3.10. The highest BCUT2D eigenvalue weighted by atomic mass is 19.1. The summed E-state index contributed by atoms with van der Waals surface area (Å²) in [5, 5.41) is 0. The van der Waals surface area contributed by atoms with Crippen molar-refractivity contribution in [2.45, 2.75) is 27.3 Å². The summed E-state index contributed by atoms with van der Waals surface area (Å²) in [6.07, 6.45) is 0. The quantitative estimate of drug-likeness (QED) is 0.706. The maximum absolute atomic E-state index is 12.8. The Labute approximate surface area is 123 Å². The zero-order chi connectivity index (χ0) is 16.2. The van der Waals surface area contributed by atoms with Gasteiger partial charge in [-0.2, -0.15) is 0 Å². The van der Waals surface area contributed by atoms with Gasteiger partial charge in [-0.25, -0.2) is 8.78 Å². The molecular formula is C16H21F2N3. The molecule has 0 aliphatic rings. The van der Waals surface area contributed by atoms with Gasteiger partial charge in [0, 0.05) is 12.2 Å². The molecule has 0 heterocycles. The molecule has 5 heteroatoms. The molecular weight excluding hydrogens is 272 g/mol. The highest BCUT2D eigenvalue weighted by molar-refractivity contribution is 5.50. The van der Waals surface area contributed by atoms with Crippen LogP contribution in [0.1, 0.15) is 22.3 Å². The summed E-state index contributed by atoms with van der Waals surface area (Å²) in [4.78, 5) is 0. The van der Waals surface area contributed by atoms with Crippen LogP contribution in [0.5, 0.6) is 0 Å². The predicted octanol–water partition coefficient (Wildman–Crippen LogP) is 3.20. The maximum atomic E-state index is 12.8. The van der Waals surface area contributed by atoms with Crippen molar-refractivity contribution in [2.24, 2.45) is 5.73 Å². The summed E-state index contributed by atoms with van der Waals surface area (Å²) in [5.74, 6) is -0.609. The Hall–Kier alpha value is -2.14. The minimum absolute atomic E-state index is 0.234. The molecule has 2 rings (SSSR count). The Kier molecular flexibility index (Phi) is 5.67. The Bertz CT molecular complexity index is 593. The van der Waals surface area contributed by atoms with Crippen LogP contribution in [0.4, 0.5) is 20.2 Å². The summed E-state index contributed by atoms with van der Waals surface area (Å²) < 4.78 is 25.4. The van der Waals surface area contributed by atoms with Gasteiger partial charge in [-0.15, -0.1) is 0 Å². The van der Waals surface area contributed by atoms with Gasteiger partial charge in [-0.3, -0.25) is 0 Å². The summed E-state index contributed by atoms with van der Waals surface area (Å²) in [5.41, 5.74) is 20.2. The molecule has 0 bridgehead atoms. The highest BCUT2D eigenvalue weighted by Crippen LogP contribution is 2.17. The number of nitrogens with two attached hydrogens (primary N) is 3. The van der Waals surface area contributed by atoms with E-state index in [-0.39, 0.29) is 17.3 Å². The van der Waals surface area contributed by atoms with Gasteiger partial charge in [0.25, 0.3) is 0 Å². The van der Waals surface area contributed by atoms with Crippen LogP contribution in [0, 0.1) is 32.4 Å². The third-order valence-electron chi connectivity index (χ3n) is 3.10. The molecule has 21 heavy (non-hydrogen) atoms. The summed E-state index contributed by atoms with van der Waals surface area (Å²) in [6.45, 7) is 5.75. The van der Waals surface area contributed by atoms with Gasteiger partial charge in [0.2, 0.25) is 0 Å². The van der Waals surface area contributed by atoms with Crippen LogP contribution in [0.2, 0.25) is 0 Å². The fourth-order valence-corrected chi connectivity index (χ4v) is 2.06. The first-order chi connectivity index (χ1) is 9.76. The predicted molar refractivity (Wildman–Crippen MR) is 83.7 cm³/mol. The zero-order valence-corrected chi connectivity index (χ0v) is 12.5. The number of hydrogen-bond donors (Lipinski definition) is 3. The molecule has 0 radical (unpaired) electrons. The van der Waals surface area contributed by atoms with Crippen LogP contribution in [0.15, 0.2) is 24.3 Å². The largest absolute Gasteiger partial charge is 0.398 e. The fourth-order valence-electron chi connectivity index (χ4n) is 2.06. The van der Waals surface area contributed by atoms with Crippen LogP contribution in [-0.2, 0) is 6.54 Å². The van der Waals surface area contributed by atoms with Gasteiger partial charge in [0.15, 0.2) is 0 Å². The average Bonchev–Trinajstić information content (AvgIpc) is 2.36. The van der Waals surface area contributed by atoms with Gasteiger partial charge >= 0.3 is 0 Å². The van der Waals surface area contributed by atoms with Gasteiger partial charge < -0.3 is 17.2 Å². The molecule has 6 N–H and O–H groups in total. The molecule has 0 unspecified atom stereocenters. The van der Waals surface area contributed by atoms with E-state index in [1.54, 1.807) is 26.0 Å². The highest BCUT2D eigenvalue weighted by Gasteiger charge is 2.03. The lowest BCUT2D eigenvalue weighted by molar-refractivity contribution is 0.623. The van der Waals surface area contributed by atoms with Crippen molar-refractivity contribution in [1.29, 1.82) is 0 Å². The molecule has 2 aromatic carbocycles. The molecule has 0 saturated carbocycles. The number of nitrogen functional groups attached to an aromatic ring is 2. The second kappa shape index (κ2) is 7.04. The fraction of sp³-hybridized carbons (Fsp3) is 0.250. The molecule has 0 fully saturated rings. The molecule has 114 valence electrons. The van der Waals surface area contributed by atoms with E-state index in [0.29, 0.717) is 17.8 Å². The number of benzene rings is 2. The number of aryl methyl sites for hydroxylation is 3. The first-order valence-corrected chi connectivity index (χ1v) is 6.53. The molecule has 0 amide bonds. The number of hydrogen-bond acceptors (Lipinski definition) is 3. The molecule has 0 saturated heterocycles. The van der Waals surface area contributed by atoms with Crippen LogP contribution in [0.3, 0.4) is 0 Å². The monoisotopic (exact) mass is 293 g/mol. The van der Waals surface area contributed by atoms with Crippen LogP contribution in [0.25, 0.3) is 0 Å². The standard InChI is InChI=1S/C8H11FN2.C8H10FN/c1-5-2-6(9)3-8(11)7(5)4-10;1-5-3-6(2)8(9)7(10)4-5/h2-3H,4,10-11H2,1H3;3-4H,10H2,1-2H3. The second-order valence-corrected chi connectivity index (χ2v) is 4.98. The Morgan fingerprint density at radius 1 is 0.857 bits per heavy atom. The van der Waals surface area contributed by atoms with Crippen molar-refractivity contribution in [3.63, 3.8) is 0 Å². The van der Waals surface area contributed by atoms with E-state index in [0.717, 1.165) is 16.7 Å². The van der Waals surface area contributed by atoms with Crippen molar-refractivity contribution in [3.05, 3.63) is 58.2 Å². The molecule has 0 aliphatic heterocycles. The normalized spacial score (nSPS) is 10.0. The smallest absolute Gasteiger partial charge is 0.148 e. The molecule has 0 aromatic heterocycles. The zero-order valence-electron chi connectivity index (χ0n) is 12.5. The maximum Gasteiger partial charge on any atom is 0.148 e. The number of rotatable bonds is 1. The van der Waals surface area contributed by atoms with E-state index in [2.05, 4.69) is 0 Å². The van der Waals surface area contributed by atoms with E-state index in [1.807, 2.05) is 6.92 Å². The lowest BCUT2D eigenvalue weighted by Crippen LogP contribution is -2.04. The van der Waals surface area contributed by atoms with E-state index in [1.165, 1.54) is 12.1 Å². The van der Waals surface area contributed by atoms with E-state index < -0.39 is 0 Å². The minimum Gasteiger partial charge on any atom is -0.398 e. The van der Waals surface area contributed by atoms with Crippen molar-refractivity contribution < 1.29 is 8.78 Å². The van der Waals surface area contributed by atoms with E-state index in [4.69, 9.17) is 17.2 Å². The summed E-state index contributed by atoms with van der Waals surface area (Å²) >= 11 is 0. The van der Waals surface area contributed by atoms with E-state index >= 15 is 0 Å². The van der Waals surface area contributed by atoms with Crippen molar-refractivity contribution in [3.8, 4) is 0 Å². The van der Waals surface area contributed by atoms with Crippen LogP contribution >= 0.6 is 0 Å². The van der Waals surface area contributed by atoms with Crippen LogP contribution < -0.4 is 17.2 Å². The number of anilines is 2. The topological polar surface area (TPSA) is 78.1 Å². The first-order valence-electron chi connectivity index (χ1n) is 6.53. The first kappa shape index (κ1) is 16.9. The Balaban J connectivity index is 0.000000211. The van der Waals surface area contributed by atoms with Gasteiger partial charge in [-0.1, -0.05) is 6.07 Å². The minimum atomic E-state index is -0.308. The van der Waals surface area contributed by atoms with Gasteiger partial charge in [0.1, 0.15) is 11.6 Å².